The number of aliphatic hydroxyl groups is 10. The van der Waals surface area contributed by atoms with Crippen LogP contribution in [0.15, 0.2) is 162 Å². The van der Waals surface area contributed by atoms with Gasteiger partial charge in [0.25, 0.3) is 23.6 Å². The SMILES string of the molecule is CC1(c2ccc(C(=O)ON3C(=O)CCC3=O)cc2)N=N1.O=C(CCSSc1ccccn1)CC[C@@H](O)[C@@H](O)[C@H](O)[C@H](O)CO.O=C(CCSSc1ccccn1)ON1C(=O)CCC1=O.O=C(CC[C@@H](O)[C@@H](O)[C@H](O)[C@H](O)CO)c1ccc(C2(C(F)(F)F)N=N2)cc1.O=C(O)CCS.O=C(O)CCSSc1ccccn1.O=NS. The zero-order valence-electron chi connectivity index (χ0n) is 59.5. The number of halogens is 3. The summed E-state index contributed by atoms with van der Waals surface area (Å²) in [6.07, 6.45) is -11.8. The summed E-state index contributed by atoms with van der Waals surface area (Å²) in [5.74, 6) is -3.20. The summed E-state index contributed by atoms with van der Waals surface area (Å²) in [4.78, 5) is 142. The van der Waals surface area contributed by atoms with Crippen LogP contribution in [0.25, 0.3) is 0 Å². The third-order valence-electron chi connectivity index (χ3n) is 14.7. The van der Waals surface area contributed by atoms with Crippen LogP contribution < -0.4 is 0 Å². The summed E-state index contributed by atoms with van der Waals surface area (Å²) in [5.41, 5.74) is -2.09. The van der Waals surface area contributed by atoms with E-state index in [1.807, 2.05) is 66.1 Å². The van der Waals surface area contributed by atoms with E-state index >= 15 is 0 Å². The number of carboxylic acids is 2. The Morgan fingerprint density at radius 2 is 0.885 bits per heavy atom. The van der Waals surface area contributed by atoms with Crippen molar-refractivity contribution < 1.29 is 132 Å². The Morgan fingerprint density at radius 3 is 1.24 bits per heavy atom. The Balaban J connectivity index is 0.000000360. The number of pyridine rings is 3. The molecule has 4 aliphatic heterocycles. The predicted octanol–water partition coefficient (Wildman–Crippen LogP) is 6.91. The molecule has 7 heterocycles. The highest BCUT2D eigenvalue weighted by Gasteiger charge is 2.65. The third-order valence-corrected chi connectivity index (χ3v) is 21.7. The molecule has 0 spiro atoms. The molecule has 0 saturated carbocycles. The summed E-state index contributed by atoms with van der Waals surface area (Å²) < 4.78 is 40.7. The Kier molecular flexibility index (Phi) is 46.5. The Bertz CT molecular complexity index is 3850. The maximum atomic E-state index is 12.9. The molecular formula is C67H81F3N10O25S8. The second kappa shape index (κ2) is 52.8. The first-order valence-corrected chi connectivity index (χ1v) is 41.3. The van der Waals surface area contributed by atoms with Crippen molar-refractivity contribution >= 4 is 149 Å². The van der Waals surface area contributed by atoms with Crippen LogP contribution in [0.5, 0.6) is 0 Å². The van der Waals surface area contributed by atoms with Gasteiger partial charge in [0.2, 0.25) is 5.66 Å². The average Bonchev–Trinajstić information content (AvgIpc) is 1.58. The second-order valence-corrected chi connectivity index (χ2v) is 31.1. The number of carboxylic acid groups (broad SMARTS) is 2. The molecule has 113 heavy (non-hydrogen) atoms. The Hall–Kier alpha value is -7.62. The van der Waals surface area contributed by atoms with E-state index in [2.05, 4.69) is 60.9 Å². The summed E-state index contributed by atoms with van der Waals surface area (Å²) in [6.45, 7) is 0.297. The number of thiol groups is 2. The van der Waals surface area contributed by atoms with Crippen molar-refractivity contribution in [2.75, 3.05) is 36.2 Å². The van der Waals surface area contributed by atoms with E-state index < -0.39 is 133 Å². The molecule has 2 saturated heterocycles. The fourth-order valence-electron chi connectivity index (χ4n) is 8.37. The lowest BCUT2D eigenvalue weighted by atomic mass is 9.96. The average molecular weight is 1740 g/mol. The lowest BCUT2D eigenvalue weighted by Gasteiger charge is -2.25. The minimum atomic E-state index is -4.67. The number of carbonyl (C=O) groups excluding carboxylic acids is 8. The molecule has 4 amide bonds. The standard InChI is InChI=1S/C16H19F3N2O6.C15H23NO6S2.C13H11N3O4.C12H12N2O4S2.C8H9NO2S2.C3H6O2S.HNOS/c17-16(18,19)15(20-21-15)9-3-1-8(2-4-9)10(23)5-6-11(24)13(26)14(27)12(25)7-22;17-9-12(20)15(22)14(21)11(19)5-4-10(18)6-8-23-24-13-3-1-2-7-16-13;1-13(14-15-13)9-4-2-8(3-5-9)12(19)20-16-10(17)6-7-11(16)18;15-10-4-5-11(16)14(10)18-12(17)6-8-19-20-9-3-1-2-7-13-9;10-8(11)4-6-12-13-7-3-1-2-5-9-7;4-3(5)1-2-6;2-1-3/h1-4,11-14,22,24-27H,5-7H2;1-3,7,11-12,14-15,17,19-22H,4-6,8-9H2;2-5H,6-7H2,1H3;1-3,7H,4-6,8H2;1-3,5H,4,6H2,(H,10,11);6H,1-2H2,(H,4,5);(H,2,3)/t11-,12-,13-,14-;11-,12-,14-,15-;;;;;/m11...../s1. The number of rotatable bonds is 37. The van der Waals surface area contributed by atoms with Crippen LogP contribution in [0, 0.1) is 4.91 Å². The number of hydrogen-bond acceptors (Lipinski definition) is 38. The third kappa shape index (κ3) is 37.3. The molecule has 0 bridgehead atoms. The maximum Gasteiger partial charge on any atom is 0.442 e. The summed E-state index contributed by atoms with van der Waals surface area (Å²) in [6, 6.07) is 27.9. The fourth-order valence-corrected chi connectivity index (χ4v) is 14.2. The summed E-state index contributed by atoms with van der Waals surface area (Å²) in [7, 11) is 8.92. The van der Waals surface area contributed by atoms with Gasteiger partial charge in [0, 0.05) is 121 Å². The first-order chi connectivity index (χ1) is 53.6. The van der Waals surface area contributed by atoms with Crippen LogP contribution in [-0.4, -0.2) is 237 Å². The number of nitroso groups, excluding NO2 is 1. The number of hydroxylamine groups is 4. The number of Topliss-reactive ketones (excluding diaryl/α,β-unsaturated/α-hetero) is 2. The topological polar surface area (TPSA) is 556 Å². The normalized spacial score (nSPS) is 16.0. The van der Waals surface area contributed by atoms with Crippen LogP contribution in [-0.2, 0) is 59.4 Å². The number of aromatic nitrogens is 3. The summed E-state index contributed by atoms with van der Waals surface area (Å²) >= 11 is 6.54. The van der Waals surface area contributed by atoms with Crippen LogP contribution in [0.2, 0.25) is 0 Å². The number of carbonyl (C=O) groups is 10. The number of nitrogens with zero attached hydrogens (tertiary/aromatic N) is 10. The minimum absolute atomic E-state index is 0.0206. The molecule has 3 aromatic heterocycles. The molecule has 9 rings (SSSR count). The van der Waals surface area contributed by atoms with E-state index in [1.165, 1.54) is 76.9 Å². The van der Waals surface area contributed by atoms with Crippen molar-refractivity contribution in [2.45, 2.75) is 165 Å². The number of aliphatic carboxylic acids is 2. The van der Waals surface area contributed by atoms with E-state index in [1.54, 1.807) is 42.9 Å². The largest absolute Gasteiger partial charge is 0.481 e. The van der Waals surface area contributed by atoms with Gasteiger partial charge >= 0.3 is 35.7 Å². The van der Waals surface area contributed by atoms with Gasteiger partial charge < -0.3 is 71.0 Å². The van der Waals surface area contributed by atoms with E-state index in [9.17, 15) is 102 Å². The van der Waals surface area contributed by atoms with Gasteiger partial charge in [-0.25, -0.2) is 24.5 Å². The molecule has 4 aliphatic rings. The Morgan fingerprint density at radius 1 is 0.513 bits per heavy atom. The zero-order valence-corrected chi connectivity index (χ0v) is 66.2. The monoisotopic (exact) mass is 1740 g/mol. The molecule has 35 nitrogen and oxygen atoms in total. The van der Waals surface area contributed by atoms with Gasteiger partial charge in [-0.1, -0.05) is 87.0 Å². The lowest BCUT2D eigenvalue weighted by molar-refractivity contribution is -0.197. The number of hydrogen-bond donors (Lipinski definition) is 14. The van der Waals surface area contributed by atoms with E-state index in [-0.39, 0.29) is 93.1 Å². The van der Waals surface area contributed by atoms with Gasteiger partial charge in [0.1, 0.15) is 57.5 Å². The number of benzene rings is 2. The highest BCUT2D eigenvalue weighted by molar-refractivity contribution is 8.77. The Labute approximate surface area is 677 Å². The van der Waals surface area contributed by atoms with Crippen molar-refractivity contribution in [3.63, 3.8) is 0 Å². The molecule has 46 heteroatoms. The number of aliphatic hydroxyl groups excluding tert-OH is 10. The first-order valence-electron chi connectivity index (χ1n) is 33.3. The van der Waals surface area contributed by atoms with E-state index in [0.717, 1.165) is 32.8 Å². The number of alkyl halides is 3. The molecule has 618 valence electrons. The van der Waals surface area contributed by atoms with Crippen molar-refractivity contribution in [1.29, 1.82) is 0 Å². The van der Waals surface area contributed by atoms with Crippen molar-refractivity contribution in [1.82, 2.24) is 25.1 Å². The molecule has 2 fully saturated rings. The number of imide groups is 2. The molecule has 5 aromatic rings. The van der Waals surface area contributed by atoms with Crippen molar-refractivity contribution in [3.8, 4) is 0 Å². The van der Waals surface area contributed by atoms with E-state index in [0.29, 0.717) is 39.6 Å². The first kappa shape index (κ1) is 99.6. The lowest BCUT2D eigenvalue weighted by Crippen LogP contribution is -2.45. The van der Waals surface area contributed by atoms with Gasteiger partial charge in [-0.15, -0.1) is 25.3 Å². The van der Waals surface area contributed by atoms with Gasteiger partial charge in [0.15, 0.2) is 5.78 Å². The number of ketones is 2. The van der Waals surface area contributed by atoms with Crippen LogP contribution in [0.1, 0.15) is 116 Å². The molecular weight excluding hydrogens is 1660 g/mol. The van der Waals surface area contributed by atoms with Gasteiger partial charge in [-0.05, 0) is 101 Å². The van der Waals surface area contributed by atoms with Crippen LogP contribution >= 0.6 is 90.2 Å². The quantitative estimate of drug-likeness (QED) is 0.00479. The maximum absolute atomic E-state index is 12.9. The molecule has 12 N–H and O–H groups in total. The second-order valence-electron chi connectivity index (χ2n) is 23.2. The highest BCUT2D eigenvalue weighted by Crippen LogP contribution is 2.52. The molecule has 0 unspecified atom stereocenters. The van der Waals surface area contributed by atoms with Crippen molar-refractivity contribution in [2.24, 2.45) is 25.0 Å². The summed E-state index contributed by atoms with van der Waals surface area (Å²) in [5, 5.41) is 128. The molecule has 0 radical (unpaired) electrons. The fraction of sp³-hybridized carbons (Fsp3) is 0.448. The molecule has 2 aromatic carbocycles. The highest BCUT2D eigenvalue weighted by atomic mass is 33.1. The van der Waals surface area contributed by atoms with E-state index in [4.69, 9.17) is 35.0 Å². The van der Waals surface area contributed by atoms with Crippen molar-refractivity contribution in [3.05, 3.63) is 149 Å². The number of amides is 4. The van der Waals surface area contributed by atoms with Crippen LogP contribution in [0.3, 0.4) is 0 Å². The zero-order chi connectivity index (χ0) is 84.3. The molecule has 0 aliphatic carbocycles. The smallest absolute Gasteiger partial charge is 0.442 e. The van der Waals surface area contributed by atoms with Gasteiger partial charge in [-0.2, -0.15) is 36.0 Å². The molecule has 8 atom stereocenters. The van der Waals surface area contributed by atoms with Crippen LogP contribution in [0.4, 0.5) is 13.2 Å². The minimum Gasteiger partial charge on any atom is -0.481 e. The van der Waals surface area contributed by atoms with Gasteiger partial charge in [0.05, 0.1) is 50.2 Å². The predicted molar refractivity (Wildman–Crippen MR) is 411 cm³/mol. The van der Waals surface area contributed by atoms with Gasteiger partial charge in [-0.3, -0.25) is 38.4 Å².